The predicted octanol–water partition coefficient (Wildman–Crippen LogP) is 7.32. The van der Waals surface area contributed by atoms with Crippen molar-refractivity contribution >= 4 is 13.9 Å². The van der Waals surface area contributed by atoms with Crippen molar-refractivity contribution in [1.29, 1.82) is 0 Å². The quantitative estimate of drug-likeness (QED) is 0.288. The van der Waals surface area contributed by atoms with Gasteiger partial charge in [-0.25, -0.2) is 0 Å². The Balaban J connectivity index is 2.55. The van der Waals surface area contributed by atoms with Gasteiger partial charge in [0.1, 0.15) is 0 Å². The Morgan fingerprint density at radius 2 is 1.35 bits per heavy atom. The third kappa shape index (κ3) is 5.68. The average Bonchev–Trinajstić information content (AvgIpc) is 2.64. The van der Waals surface area contributed by atoms with E-state index in [0.717, 1.165) is 8.58 Å². The van der Waals surface area contributed by atoms with E-state index in [1.54, 1.807) is 22.0 Å². The van der Waals surface area contributed by atoms with E-state index in [9.17, 15) is 0 Å². The summed E-state index contributed by atoms with van der Waals surface area (Å²) in [6, 6.07) is 14.2. The third-order valence-electron chi connectivity index (χ3n) is 4.98. The molecule has 142 valence electrons. The number of unbranched alkanes of at least 4 members (excludes halogenated alkanes) is 1. The van der Waals surface area contributed by atoms with Crippen LogP contribution in [0.15, 0.2) is 36.4 Å². The fourth-order valence-corrected chi connectivity index (χ4v) is 5.22. The van der Waals surface area contributed by atoms with Gasteiger partial charge in [-0.2, -0.15) is 0 Å². The molecule has 0 N–H and O–H groups in total. The Morgan fingerprint density at radius 1 is 0.731 bits per heavy atom. The van der Waals surface area contributed by atoms with Crippen molar-refractivity contribution in [3.05, 3.63) is 53.1 Å². The van der Waals surface area contributed by atoms with Crippen molar-refractivity contribution in [2.24, 2.45) is 0 Å². The van der Waals surface area contributed by atoms with Crippen LogP contribution >= 0.6 is 8.58 Å². The highest BCUT2D eigenvalue weighted by atomic mass is 31.1. The molecule has 1 heteroatoms. The first-order valence-electron chi connectivity index (χ1n) is 10.7. The Morgan fingerprint density at radius 3 is 1.92 bits per heavy atom. The fraction of sp³-hybridized carbons (Fsp3) is 0.520. The zero-order valence-electron chi connectivity index (χ0n) is 17.3. The molecule has 0 radical (unpaired) electrons. The lowest BCUT2D eigenvalue weighted by Crippen LogP contribution is -2.07. The lowest BCUT2D eigenvalue weighted by Gasteiger charge is -2.20. The maximum Gasteiger partial charge on any atom is -0.0104 e. The summed E-state index contributed by atoms with van der Waals surface area (Å²) in [5, 5.41) is 1.57. The third-order valence-corrected chi connectivity index (χ3v) is 6.40. The first kappa shape index (κ1) is 21.2. The second-order valence-corrected chi connectivity index (χ2v) is 8.76. The largest absolute Gasteiger partial charge is 0.0897 e. The van der Waals surface area contributed by atoms with Crippen molar-refractivity contribution in [2.75, 3.05) is 6.16 Å². The zero-order chi connectivity index (χ0) is 18.8. The van der Waals surface area contributed by atoms with Gasteiger partial charge in [0.15, 0.2) is 0 Å². The number of hydrogen-bond donors (Lipinski definition) is 0. The molecule has 26 heavy (non-hydrogen) atoms. The van der Waals surface area contributed by atoms with Gasteiger partial charge in [0.25, 0.3) is 0 Å². The van der Waals surface area contributed by atoms with Gasteiger partial charge in [-0.15, -0.1) is 0 Å². The van der Waals surface area contributed by atoms with Gasteiger partial charge >= 0.3 is 0 Å². The molecular formula is C25H37P. The Kier molecular flexibility index (Phi) is 9.41. The topological polar surface area (TPSA) is 0 Å². The van der Waals surface area contributed by atoms with Crippen molar-refractivity contribution in [2.45, 2.75) is 79.1 Å². The smallest absolute Gasteiger partial charge is 0.0104 e. The molecule has 0 saturated carbocycles. The molecule has 0 aromatic heterocycles. The highest BCUT2D eigenvalue weighted by Crippen LogP contribution is 2.33. The minimum Gasteiger partial charge on any atom is -0.0897 e. The van der Waals surface area contributed by atoms with Crippen molar-refractivity contribution in [3.8, 4) is 11.1 Å². The van der Waals surface area contributed by atoms with E-state index >= 15 is 0 Å². The maximum absolute atomic E-state index is 2.51. The number of rotatable bonds is 11. The lowest BCUT2D eigenvalue weighted by atomic mass is 9.87. The SMILES string of the molecule is CCCCPc1ccccc1-c1c(CCC)cc(CCC)cc1CCC. The standard InChI is InChI=1S/C25H37P/c1-5-9-17-26-24-16-11-10-15-23(24)25-21(13-7-3)18-20(12-6-2)19-22(25)14-8-4/h10-11,15-16,18-19,26H,5-9,12-14,17H2,1-4H3. The molecule has 0 spiro atoms. The first-order chi connectivity index (χ1) is 12.7. The minimum atomic E-state index is 0.930. The summed E-state index contributed by atoms with van der Waals surface area (Å²) in [5.74, 6) is 0. The number of benzene rings is 2. The van der Waals surface area contributed by atoms with Gasteiger partial charge in [0, 0.05) is 0 Å². The van der Waals surface area contributed by atoms with E-state index in [4.69, 9.17) is 0 Å². The molecule has 2 aromatic rings. The van der Waals surface area contributed by atoms with Crippen LogP contribution in [0.25, 0.3) is 11.1 Å². The molecule has 0 saturated heterocycles. The van der Waals surface area contributed by atoms with Crippen LogP contribution in [0.3, 0.4) is 0 Å². The summed E-state index contributed by atoms with van der Waals surface area (Å²) in [4.78, 5) is 0. The number of aryl methyl sites for hydroxylation is 3. The van der Waals surface area contributed by atoms with Gasteiger partial charge in [0.2, 0.25) is 0 Å². The normalized spacial score (nSPS) is 11.5. The Hall–Kier alpha value is -1.13. The molecule has 0 nitrogen and oxygen atoms in total. The van der Waals surface area contributed by atoms with Crippen LogP contribution in [-0.2, 0) is 19.3 Å². The van der Waals surface area contributed by atoms with E-state index in [2.05, 4.69) is 64.1 Å². The maximum atomic E-state index is 2.51. The number of hydrogen-bond acceptors (Lipinski definition) is 0. The van der Waals surface area contributed by atoms with E-state index in [0.29, 0.717) is 0 Å². The van der Waals surface area contributed by atoms with Crippen LogP contribution in [0.5, 0.6) is 0 Å². The summed E-state index contributed by atoms with van der Waals surface area (Å²) in [5.41, 5.74) is 7.77. The summed E-state index contributed by atoms with van der Waals surface area (Å²) >= 11 is 0. The van der Waals surface area contributed by atoms with Crippen LogP contribution in [0, 0.1) is 0 Å². The minimum absolute atomic E-state index is 0.930. The summed E-state index contributed by atoms with van der Waals surface area (Å²) in [7, 11) is 0.930. The molecule has 0 amide bonds. The summed E-state index contributed by atoms with van der Waals surface area (Å²) in [6.07, 6.45) is 11.2. The van der Waals surface area contributed by atoms with Crippen LogP contribution in [0.1, 0.15) is 76.5 Å². The van der Waals surface area contributed by atoms with E-state index in [1.165, 1.54) is 68.7 Å². The van der Waals surface area contributed by atoms with Gasteiger partial charge in [0.05, 0.1) is 0 Å². The second-order valence-electron chi connectivity index (χ2n) is 7.36. The Labute approximate surface area is 163 Å². The van der Waals surface area contributed by atoms with Gasteiger partial charge in [-0.1, -0.05) is 98.4 Å². The molecule has 0 aliphatic carbocycles. The molecule has 2 aromatic carbocycles. The van der Waals surface area contributed by atoms with E-state index in [1.807, 2.05) is 0 Å². The Bertz CT molecular complexity index is 645. The monoisotopic (exact) mass is 368 g/mol. The van der Waals surface area contributed by atoms with Crippen LogP contribution < -0.4 is 5.30 Å². The molecular weight excluding hydrogens is 331 g/mol. The molecule has 0 aliphatic heterocycles. The lowest BCUT2D eigenvalue weighted by molar-refractivity contribution is 0.873. The van der Waals surface area contributed by atoms with Crippen LogP contribution in [0.4, 0.5) is 0 Å². The van der Waals surface area contributed by atoms with Crippen LogP contribution in [0.2, 0.25) is 0 Å². The van der Waals surface area contributed by atoms with Crippen molar-refractivity contribution in [3.63, 3.8) is 0 Å². The summed E-state index contributed by atoms with van der Waals surface area (Å²) in [6.45, 7) is 9.20. The van der Waals surface area contributed by atoms with Gasteiger partial charge in [-0.3, -0.25) is 0 Å². The molecule has 1 unspecified atom stereocenters. The molecule has 1 atom stereocenters. The zero-order valence-corrected chi connectivity index (χ0v) is 18.3. The predicted molar refractivity (Wildman–Crippen MR) is 122 cm³/mol. The second kappa shape index (κ2) is 11.6. The molecule has 0 aliphatic rings. The first-order valence-corrected chi connectivity index (χ1v) is 11.9. The van der Waals surface area contributed by atoms with Crippen molar-refractivity contribution < 1.29 is 0 Å². The fourth-order valence-electron chi connectivity index (χ4n) is 3.81. The van der Waals surface area contributed by atoms with Gasteiger partial charge < -0.3 is 0 Å². The van der Waals surface area contributed by atoms with E-state index in [-0.39, 0.29) is 0 Å². The highest BCUT2D eigenvalue weighted by molar-refractivity contribution is 7.47. The highest BCUT2D eigenvalue weighted by Gasteiger charge is 2.15. The van der Waals surface area contributed by atoms with E-state index < -0.39 is 0 Å². The molecule has 0 fully saturated rings. The molecule has 0 bridgehead atoms. The van der Waals surface area contributed by atoms with Crippen LogP contribution in [-0.4, -0.2) is 6.16 Å². The average molecular weight is 369 g/mol. The summed E-state index contributed by atoms with van der Waals surface area (Å²) < 4.78 is 0. The molecule has 0 heterocycles. The van der Waals surface area contributed by atoms with Crippen molar-refractivity contribution in [1.82, 2.24) is 0 Å². The van der Waals surface area contributed by atoms with Gasteiger partial charge in [-0.05, 0) is 65.0 Å². The molecule has 2 rings (SSSR count).